The van der Waals surface area contributed by atoms with Crippen molar-refractivity contribution >= 4 is 22.9 Å². The Bertz CT molecular complexity index is 979. The first kappa shape index (κ1) is 19.3. The molecule has 6 nitrogen and oxygen atoms in total. The molecule has 1 fully saturated rings. The summed E-state index contributed by atoms with van der Waals surface area (Å²) in [6.45, 7) is 2.93. The molecule has 0 atom stereocenters. The van der Waals surface area contributed by atoms with Crippen molar-refractivity contribution in [2.45, 2.75) is 0 Å². The number of aromatic nitrogens is 1. The molecule has 1 aliphatic rings. The van der Waals surface area contributed by atoms with Crippen LogP contribution >= 0.6 is 11.3 Å². The Labute approximate surface area is 174 Å². The second-order valence-corrected chi connectivity index (χ2v) is 7.57. The molecule has 4 rings (SSSR count). The van der Waals surface area contributed by atoms with Gasteiger partial charge < -0.3 is 19.3 Å². The van der Waals surface area contributed by atoms with Crippen LogP contribution in [0.4, 0.5) is 5.69 Å². The molecule has 0 aliphatic carbocycles. The van der Waals surface area contributed by atoms with Crippen LogP contribution in [0.3, 0.4) is 0 Å². The maximum atomic E-state index is 12.9. The number of rotatable bonds is 5. The monoisotopic (exact) mass is 409 g/mol. The number of carbonyl (C=O) groups excluding carboxylic acids is 1. The smallest absolute Gasteiger partial charge is 0.273 e. The highest BCUT2D eigenvalue weighted by molar-refractivity contribution is 7.13. The molecular weight excluding hydrogens is 386 g/mol. The zero-order valence-electron chi connectivity index (χ0n) is 16.5. The Morgan fingerprint density at radius 2 is 1.69 bits per heavy atom. The SMILES string of the molecule is COc1ccc(N2CCN(C(=O)c3csc(-c4ccccc4OC)n3)CC2)cc1. The number of amides is 1. The number of thiazole rings is 1. The topological polar surface area (TPSA) is 54.9 Å². The minimum Gasteiger partial charge on any atom is -0.497 e. The summed E-state index contributed by atoms with van der Waals surface area (Å²) in [5.41, 5.74) is 2.54. The lowest BCUT2D eigenvalue weighted by molar-refractivity contribution is 0.0742. The van der Waals surface area contributed by atoms with Crippen LogP contribution in [-0.4, -0.2) is 56.2 Å². The van der Waals surface area contributed by atoms with Crippen LogP contribution in [0.25, 0.3) is 10.6 Å². The van der Waals surface area contributed by atoms with Crippen molar-refractivity contribution in [1.29, 1.82) is 0 Å². The zero-order valence-corrected chi connectivity index (χ0v) is 17.3. The Morgan fingerprint density at radius 3 is 2.38 bits per heavy atom. The lowest BCUT2D eigenvalue weighted by atomic mass is 10.2. The van der Waals surface area contributed by atoms with Gasteiger partial charge in [0.05, 0.1) is 19.8 Å². The van der Waals surface area contributed by atoms with Gasteiger partial charge in [-0.25, -0.2) is 4.98 Å². The first-order valence-corrected chi connectivity index (χ1v) is 10.3. The van der Waals surface area contributed by atoms with Crippen molar-refractivity contribution in [2.75, 3.05) is 45.3 Å². The number of benzene rings is 2. The van der Waals surface area contributed by atoms with Crippen LogP contribution in [0.5, 0.6) is 11.5 Å². The van der Waals surface area contributed by atoms with E-state index in [1.54, 1.807) is 14.2 Å². The van der Waals surface area contributed by atoms with E-state index in [1.807, 2.05) is 46.7 Å². The maximum Gasteiger partial charge on any atom is 0.273 e. The minimum atomic E-state index is -0.0169. The number of ether oxygens (including phenoxy) is 2. The quantitative estimate of drug-likeness (QED) is 0.642. The van der Waals surface area contributed by atoms with Crippen molar-refractivity contribution < 1.29 is 14.3 Å². The molecule has 1 saturated heterocycles. The molecular formula is C22H23N3O3S. The molecule has 0 bridgehead atoms. The summed E-state index contributed by atoms with van der Waals surface area (Å²) in [5, 5.41) is 2.63. The molecule has 1 amide bonds. The third-order valence-corrected chi connectivity index (χ3v) is 5.94. The van der Waals surface area contributed by atoms with Crippen LogP contribution in [0.15, 0.2) is 53.9 Å². The Kier molecular flexibility index (Phi) is 5.67. The number of carbonyl (C=O) groups is 1. The largest absolute Gasteiger partial charge is 0.497 e. The third-order valence-electron chi connectivity index (χ3n) is 5.07. The van der Waals surface area contributed by atoms with Crippen molar-refractivity contribution in [3.8, 4) is 22.1 Å². The standard InChI is InChI=1S/C22H23N3O3S/c1-27-17-9-7-16(8-10-17)24-11-13-25(14-12-24)22(26)19-15-29-21(23-19)18-5-3-4-6-20(18)28-2/h3-10,15H,11-14H2,1-2H3. The fourth-order valence-electron chi connectivity index (χ4n) is 3.44. The van der Waals surface area contributed by atoms with E-state index in [9.17, 15) is 4.79 Å². The molecule has 2 aromatic carbocycles. The number of methoxy groups -OCH3 is 2. The lowest BCUT2D eigenvalue weighted by Gasteiger charge is -2.35. The average Bonchev–Trinajstić information content (AvgIpc) is 3.29. The summed E-state index contributed by atoms with van der Waals surface area (Å²) in [7, 11) is 3.30. The van der Waals surface area contributed by atoms with Gasteiger partial charge >= 0.3 is 0 Å². The Hall–Kier alpha value is -3.06. The number of nitrogens with zero attached hydrogens (tertiary/aromatic N) is 3. The average molecular weight is 410 g/mol. The lowest BCUT2D eigenvalue weighted by Crippen LogP contribution is -2.48. The summed E-state index contributed by atoms with van der Waals surface area (Å²) in [4.78, 5) is 21.7. The molecule has 0 spiro atoms. The molecule has 7 heteroatoms. The van der Waals surface area contributed by atoms with Gasteiger partial charge in [-0.15, -0.1) is 11.3 Å². The van der Waals surface area contributed by atoms with Crippen LogP contribution in [0.1, 0.15) is 10.5 Å². The van der Waals surface area contributed by atoms with Crippen molar-refractivity contribution in [3.05, 3.63) is 59.6 Å². The summed E-state index contributed by atoms with van der Waals surface area (Å²) < 4.78 is 10.6. The van der Waals surface area contributed by atoms with E-state index in [0.29, 0.717) is 18.8 Å². The van der Waals surface area contributed by atoms with Gasteiger partial charge in [0, 0.05) is 37.2 Å². The van der Waals surface area contributed by atoms with E-state index in [1.165, 1.54) is 11.3 Å². The molecule has 1 aliphatic heterocycles. The summed E-state index contributed by atoms with van der Waals surface area (Å²) in [5.74, 6) is 1.59. The van der Waals surface area contributed by atoms with Gasteiger partial charge in [-0.05, 0) is 36.4 Å². The summed E-state index contributed by atoms with van der Waals surface area (Å²) in [6.07, 6.45) is 0. The van der Waals surface area contributed by atoms with Gasteiger partial charge in [-0.2, -0.15) is 0 Å². The van der Waals surface area contributed by atoms with E-state index >= 15 is 0 Å². The van der Waals surface area contributed by atoms with Crippen molar-refractivity contribution in [1.82, 2.24) is 9.88 Å². The molecule has 3 aromatic rings. The number of anilines is 1. The normalized spacial score (nSPS) is 14.0. The van der Waals surface area contributed by atoms with E-state index in [-0.39, 0.29) is 5.91 Å². The second kappa shape index (κ2) is 8.53. The Balaban J connectivity index is 1.41. The van der Waals surface area contributed by atoms with Crippen molar-refractivity contribution in [2.24, 2.45) is 0 Å². The number of piperazine rings is 1. The van der Waals surface area contributed by atoms with Crippen LogP contribution < -0.4 is 14.4 Å². The van der Waals surface area contributed by atoms with Gasteiger partial charge in [-0.1, -0.05) is 12.1 Å². The first-order valence-electron chi connectivity index (χ1n) is 9.47. The zero-order chi connectivity index (χ0) is 20.2. The molecule has 0 radical (unpaired) electrons. The van der Waals surface area contributed by atoms with Gasteiger partial charge in [0.2, 0.25) is 0 Å². The highest BCUT2D eigenvalue weighted by Gasteiger charge is 2.24. The third kappa shape index (κ3) is 4.05. The fraction of sp³-hybridized carbons (Fsp3) is 0.273. The van der Waals surface area contributed by atoms with E-state index in [4.69, 9.17) is 9.47 Å². The van der Waals surface area contributed by atoms with Gasteiger partial charge in [0.15, 0.2) is 0 Å². The Morgan fingerprint density at radius 1 is 0.966 bits per heavy atom. The number of hydrogen-bond donors (Lipinski definition) is 0. The van der Waals surface area contributed by atoms with E-state index in [0.717, 1.165) is 40.8 Å². The van der Waals surface area contributed by atoms with Crippen LogP contribution in [0.2, 0.25) is 0 Å². The number of hydrogen-bond acceptors (Lipinski definition) is 6. The van der Waals surface area contributed by atoms with Gasteiger partial charge in [0.25, 0.3) is 5.91 Å². The van der Waals surface area contributed by atoms with Crippen molar-refractivity contribution in [3.63, 3.8) is 0 Å². The molecule has 150 valence electrons. The fourth-order valence-corrected chi connectivity index (χ4v) is 4.26. The second-order valence-electron chi connectivity index (χ2n) is 6.72. The summed E-state index contributed by atoms with van der Waals surface area (Å²) >= 11 is 1.46. The van der Waals surface area contributed by atoms with Gasteiger partial charge in [-0.3, -0.25) is 4.79 Å². The van der Waals surface area contributed by atoms with Gasteiger partial charge in [0.1, 0.15) is 22.2 Å². The highest BCUT2D eigenvalue weighted by Crippen LogP contribution is 2.32. The predicted molar refractivity (Wildman–Crippen MR) is 115 cm³/mol. The molecule has 0 saturated carbocycles. The summed E-state index contributed by atoms with van der Waals surface area (Å²) in [6, 6.07) is 15.7. The van der Waals surface area contributed by atoms with E-state index < -0.39 is 0 Å². The maximum absolute atomic E-state index is 12.9. The molecule has 2 heterocycles. The molecule has 29 heavy (non-hydrogen) atoms. The van der Waals surface area contributed by atoms with E-state index in [2.05, 4.69) is 22.0 Å². The molecule has 1 aromatic heterocycles. The van der Waals surface area contributed by atoms with Crippen LogP contribution in [0, 0.1) is 0 Å². The minimum absolute atomic E-state index is 0.0169. The predicted octanol–water partition coefficient (Wildman–Crippen LogP) is 3.79. The van der Waals surface area contributed by atoms with Crippen LogP contribution in [-0.2, 0) is 0 Å². The molecule has 0 unspecified atom stereocenters. The first-order chi connectivity index (χ1) is 14.2. The number of para-hydroxylation sites is 1. The highest BCUT2D eigenvalue weighted by atomic mass is 32.1. The molecule has 0 N–H and O–H groups in total.